The Labute approximate surface area is 116 Å². The van der Waals surface area contributed by atoms with Gasteiger partial charge in [-0.05, 0) is 18.2 Å². The van der Waals surface area contributed by atoms with Crippen LogP contribution < -0.4 is 5.32 Å². The van der Waals surface area contributed by atoms with Crippen molar-refractivity contribution >= 4 is 23.3 Å². The number of halogens is 1. The second-order valence-electron chi connectivity index (χ2n) is 4.06. The Bertz CT molecular complexity index is 595. The van der Waals surface area contributed by atoms with E-state index >= 15 is 0 Å². The monoisotopic (exact) mass is 279 g/mol. The van der Waals surface area contributed by atoms with Gasteiger partial charge in [-0.15, -0.1) is 0 Å². The Morgan fingerprint density at radius 1 is 1.53 bits per heavy atom. The zero-order valence-corrected chi connectivity index (χ0v) is 11.4. The van der Waals surface area contributed by atoms with Gasteiger partial charge < -0.3 is 10.1 Å². The lowest BCUT2D eigenvalue weighted by Gasteiger charge is -2.10. The second kappa shape index (κ2) is 5.75. The summed E-state index contributed by atoms with van der Waals surface area (Å²) >= 11 is 5.94. The first-order chi connectivity index (χ1) is 9.10. The van der Waals surface area contributed by atoms with E-state index in [1.165, 1.54) is 7.11 Å². The van der Waals surface area contributed by atoms with Gasteiger partial charge in [0.2, 0.25) is 0 Å². The number of aryl methyl sites for hydroxylation is 1. The molecule has 19 heavy (non-hydrogen) atoms. The van der Waals surface area contributed by atoms with Gasteiger partial charge in [0.15, 0.2) is 0 Å². The van der Waals surface area contributed by atoms with Crippen molar-refractivity contribution in [1.29, 1.82) is 0 Å². The van der Waals surface area contributed by atoms with Gasteiger partial charge in [-0.1, -0.05) is 11.6 Å². The molecule has 0 amide bonds. The average molecular weight is 280 g/mol. The molecule has 0 radical (unpaired) electrons. The van der Waals surface area contributed by atoms with Crippen molar-refractivity contribution in [3.63, 3.8) is 0 Å². The first-order valence-corrected chi connectivity index (χ1v) is 6.07. The number of hydrogen-bond donors (Lipinski definition) is 1. The second-order valence-corrected chi connectivity index (χ2v) is 4.49. The molecular formula is C13H14ClN3O2. The average Bonchev–Trinajstić information content (AvgIpc) is 2.81. The molecule has 1 aromatic heterocycles. The zero-order valence-electron chi connectivity index (χ0n) is 10.7. The first-order valence-electron chi connectivity index (χ1n) is 5.69. The number of anilines is 1. The largest absolute Gasteiger partial charge is 0.465 e. The number of aromatic nitrogens is 2. The maximum Gasteiger partial charge on any atom is 0.339 e. The topological polar surface area (TPSA) is 56.1 Å². The SMILES string of the molecule is COC(=O)c1ccc(Cl)cc1NCc1cnn(C)c1. The summed E-state index contributed by atoms with van der Waals surface area (Å²) < 4.78 is 6.45. The van der Waals surface area contributed by atoms with Gasteiger partial charge in [-0.25, -0.2) is 4.79 Å². The number of methoxy groups -OCH3 is 1. The Hall–Kier alpha value is -2.01. The lowest BCUT2D eigenvalue weighted by atomic mass is 10.1. The van der Waals surface area contributed by atoms with E-state index in [9.17, 15) is 4.79 Å². The van der Waals surface area contributed by atoms with Crippen molar-refractivity contribution in [3.8, 4) is 0 Å². The van der Waals surface area contributed by atoms with Crippen molar-refractivity contribution in [2.45, 2.75) is 6.54 Å². The van der Waals surface area contributed by atoms with Crippen LogP contribution >= 0.6 is 11.6 Å². The van der Waals surface area contributed by atoms with Crippen LogP contribution in [0.5, 0.6) is 0 Å². The molecule has 0 saturated carbocycles. The standard InChI is InChI=1S/C13H14ClN3O2/c1-17-8-9(7-16-17)6-15-12-5-10(14)3-4-11(12)13(18)19-2/h3-5,7-8,15H,6H2,1-2H3. The molecule has 0 aliphatic carbocycles. The van der Waals surface area contributed by atoms with Gasteiger partial charge in [0.1, 0.15) is 0 Å². The van der Waals surface area contributed by atoms with Crippen LogP contribution in [0.4, 0.5) is 5.69 Å². The van der Waals surface area contributed by atoms with E-state index in [1.54, 1.807) is 29.1 Å². The van der Waals surface area contributed by atoms with Crippen LogP contribution in [0.1, 0.15) is 15.9 Å². The number of nitrogens with one attached hydrogen (secondary N) is 1. The predicted molar refractivity (Wildman–Crippen MR) is 73.3 cm³/mol. The van der Waals surface area contributed by atoms with E-state index in [0.717, 1.165) is 5.56 Å². The number of rotatable bonds is 4. The quantitative estimate of drug-likeness (QED) is 0.874. The normalized spacial score (nSPS) is 10.3. The predicted octanol–water partition coefficient (Wildman–Crippen LogP) is 2.47. The fraction of sp³-hybridized carbons (Fsp3) is 0.231. The third-order valence-corrected chi connectivity index (χ3v) is 2.86. The Morgan fingerprint density at radius 3 is 2.95 bits per heavy atom. The molecule has 0 spiro atoms. The van der Waals surface area contributed by atoms with E-state index in [0.29, 0.717) is 22.8 Å². The molecule has 2 rings (SSSR count). The summed E-state index contributed by atoms with van der Waals surface area (Å²) in [6.45, 7) is 0.554. The smallest absolute Gasteiger partial charge is 0.339 e. The summed E-state index contributed by atoms with van der Waals surface area (Å²) in [5.41, 5.74) is 2.11. The summed E-state index contributed by atoms with van der Waals surface area (Å²) in [5, 5.41) is 7.80. The number of ether oxygens (including phenoxy) is 1. The van der Waals surface area contributed by atoms with Crippen molar-refractivity contribution in [2.24, 2.45) is 7.05 Å². The van der Waals surface area contributed by atoms with Crippen molar-refractivity contribution in [2.75, 3.05) is 12.4 Å². The van der Waals surface area contributed by atoms with Crippen LogP contribution in [-0.2, 0) is 18.3 Å². The zero-order chi connectivity index (χ0) is 13.8. The van der Waals surface area contributed by atoms with Crippen molar-refractivity contribution in [1.82, 2.24) is 9.78 Å². The van der Waals surface area contributed by atoms with Gasteiger partial charge in [-0.2, -0.15) is 5.10 Å². The molecule has 0 aliphatic heterocycles. The lowest BCUT2D eigenvalue weighted by molar-refractivity contribution is 0.0602. The van der Waals surface area contributed by atoms with E-state index in [2.05, 4.69) is 10.4 Å². The fourth-order valence-electron chi connectivity index (χ4n) is 1.71. The van der Waals surface area contributed by atoms with Gasteiger partial charge in [-0.3, -0.25) is 4.68 Å². The van der Waals surface area contributed by atoms with Gasteiger partial charge in [0.05, 0.1) is 24.6 Å². The maximum absolute atomic E-state index is 11.6. The Morgan fingerprint density at radius 2 is 2.32 bits per heavy atom. The molecule has 0 atom stereocenters. The van der Waals surface area contributed by atoms with Crippen LogP contribution in [0.25, 0.3) is 0 Å². The summed E-state index contributed by atoms with van der Waals surface area (Å²) in [5.74, 6) is -0.398. The van der Waals surface area contributed by atoms with E-state index in [-0.39, 0.29) is 0 Å². The Balaban J connectivity index is 2.18. The summed E-state index contributed by atoms with van der Waals surface area (Å²) in [7, 11) is 3.20. The molecule has 1 N–H and O–H groups in total. The van der Waals surface area contributed by atoms with Gasteiger partial charge >= 0.3 is 5.97 Å². The molecule has 1 heterocycles. The molecule has 0 unspecified atom stereocenters. The maximum atomic E-state index is 11.6. The molecule has 0 fully saturated rings. The number of carbonyl (C=O) groups excluding carboxylic acids is 1. The van der Waals surface area contributed by atoms with Crippen LogP contribution in [0.2, 0.25) is 5.02 Å². The third kappa shape index (κ3) is 3.26. The first kappa shape index (κ1) is 13.4. The molecule has 0 aliphatic rings. The number of carbonyl (C=O) groups is 1. The number of benzene rings is 1. The highest BCUT2D eigenvalue weighted by Gasteiger charge is 2.12. The summed E-state index contributed by atoms with van der Waals surface area (Å²) in [6, 6.07) is 4.99. The fourth-order valence-corrected chi connectivity index (χ4v) is 1.88. The van der Waals surface area contributed by atoms with Crippen LogP contribution in [0.15, 0.2) is 30.6 Å². The van der Waals surface area contributed by atoms with E-state index < -0.39 is 5.97 Å². The lowest BCUT2D eigenvalue weighted by Crippen LogP contribution is -2.08. The number of esters is 1. The van der Waals surface area contributed by atoms with Crippen molar-refractivity contribution in [3.05, 3.63) is 46.7 Å². The Kier molecular flexibility index (Phi) is 4.06. The van der Waals surface area contributed by atoms with E-state index in [1.807, 2.05) is 13.2 Å². The van der Waals surface area contributed by atoms with Gasteiger partial charge in [0.25, 0.3) is 0 Å². The highest BCUT2D eigenvalue weighted by molar-refractivity contribution is 6.31. The highest BCUT2D eigenvalue weighted by atomic mass is 35.5. The number of hydrogen-bond acceptors (Lipinski definition) is 4. The summed E-state index contributed by atoms with van der Waals surface area (Å²) in [6.07, 6.45) is 3.66. The number of nitrogens with zero attached hydrogens (tertiary/aromatic N) is 2. The van der Waals surface area contributed by atoms with Gasteiger partial charge in [0, 0.05) is 30.4 Å². The third-order valence-electron chi connectivity index (χ3n) is 2.63. The molecule has 6 heteroatoms. The molecule has 2 aromatic rings. The summed E-state index contributed by atoms with van der Waals surface area (Å²) in [4.78, 5) is 11.6. The van der Waals surface area contributed by atoms with Crippen molar-refractivity contribution < 1.29 is 9.53 Å². The van der Waals surface area contributed by atoms with Crippen LogP contribution in [0, 0.1) is 0 Å². The molecule has 100 valence electrons. The minimum absolute atomic E-state index is 0.398. The van der Waals surface area contributed by atoms with Crippen LogP contribution in [-0.4, -0.2) is 22.9 Å². The molecular weight excluding hydrogens is 266 g/mol. The molecule has 1 aromatic carbocycles. The van der Waals surface area contributed by atoms with Crippen LogP contribution in [0.3, 0.4) is 0 Å². The molecule has 0 bridgehead atoms. The minimum Gasteiger partial charge on any atom is -0.465 e. The van der Waals surface area contributed by atoms with E-state index in [4.69, 9.17) is 16.3 Å². The highest BCUT2D eigenvalue weighted by Crippen LogP contribution is 2.22. The minimum atomic E-state index is -0.398. The molecule has 5 nitrogen and oxygen atoms in total. The molecule has 0 saturated heterocycles.